The van der Waals surface area contributed by atoms with Gasteiger partial charge in [0.2, 0.25) is 5.71 Å². The van der Waals surface area contributed by atoms with Crippen molar-refractivity contribution in [2.24, 2.45) is 0 Å². The Labute approximate surface area is 248 Å². The summed E-state index contributed by atoms with van der Waals surface area (Å²) in [7, 11) is 1.40. The van der Waals surface area contributed by atoms with Crippen LogP contribution in [0.5, 0.6) is 0 Å². The lowest BCUT2D eigenvalue weighted by molar-refractivity contribution is -0.115. The normalized spacial score (nSPS) is 12.1. The monoisotopic (exact) mass is 606 g/mol. The van der Waals surface area contributed by atoms with Gasteiger partial charge in [-0.3, -0.25) is 9.59 Å². The molecule has 0 saturated carbocycles. The van der Waals surface area contributed by atoms with Gasteiger partial charge in [0.15, 0.2) is 0 Å². The Balaban J connectivity index is 1.62. The minimum absolute atomic E-state index is 0.0489. The standard InChI is InChI=1S/C32H26F4N4O4/c1-37-30(43)26-24-15-23(20-8-5-9-21(14-20)29(42)39-25(16-41)18-6-3-2-4-7-18)28(38-17-32(34,35)36)40-31(24)44-27(26)19-10-12-22(33)13-11-19/h2-15,25,41H,16-17H2,1H3,(H,37,43)(H,38,40)(H,39,42)/t25-/m0/s1. The van der Waals surface area contributed by atoms with E-state index in [1.165, 1.54) is 49.5 Å². The number of nitrogens with zero attached hydrogens (tertiary/aromatic N) is 1. The number of aromatic nitrogens is 1. The van der Waals surface area contributed by atoms with Crippen LogP contribution in [0.2, 0.25) is 0 Å². The molecule has 226 valence electrons. The SMILES string of the molecule is CNC(=O)c1c(-c2ccc(F)cc2)oc2nc(NCC(F)(F)F)c(-c3cccc(C(=O)N[C@@H](CO)c4ccccc4)c3)cc12. The second-order valence-corrected chi connectivity index (χ2v) is 9.80. The van der Waals surface area contributed by atoms with Crippen molar-refractivity contribution in [3.63, 3.8) is 0 Å². The Hall–Kier alpha value is -5.23. The van der Waals surface area contributed by atoms with E-state index < -0.39 is 36.4 Å². The number of rotatable bonds is 9. The molecule has 1 atom stereocenters. The van der Waals surface area contributed by atoms with Crippen molar-refractivity contribution >= 4 is 28.7 Å². The van der Waals surface area contributed by atoms with Gasteiger partial charge in [-0.05, 0) is 53.6 Å². The predicted octanol–water partition coefficient (Wildman–Crippen LogP) is 6.10. The van der Waals surface area contributed by atoms with Gasteiger partial charge in [0.1, 0.15) is 23.9 Å². The van der Waals surface area contributed by atoms with E-state index in [4.69, 9.17) is 4.42 Å². The lowest BCUT2D eigenvalue weighted by atomic mass is 9.99. The molecule has 4 N–H and O–H groups in total. The molecule has 0 spiro atoms. The zero-order chi connectivity index (χ0) is 31.4. The summed E-state index contributed by atoms with van der Waals surface area (Å²) in [5, 5.41) is 17.6. The number of alkyl halides is 3. The van der Waals surface area contributed by atoms with Gasteiger partial charge >= 0.3 is 6.18 Å². The van der Waals surface area contributed by atoms with Crippen molar-refractivity contribution in [2.45, 2.75) is 12.2 Å². The summed E-state index contributed by atoms with van der Waals surface area (Å²) >= 11 is 0. The van der Waals surface area contributed by atoms with Crippen LogP contribution in [0.25, 0.3) is 33.6 Å². The van der Waals surface area contributed by atoms with Crippen molar-refractivity contribution in [2.75, 3.05) is 25.5 Å². The topological polar surface area (TPSA) is 116 Å². The van der Waals surface area contributed by atoms with E-state index in [2.05, 4.69) is 20.9 Å². The van der Waals surface area contributed by atoms with Crippen molar-refractivity contribution in [1.29, 1.82) is 0 Å². The Morgan fingerprint density at radius 2 is 1.66 bits per heavy atom. The van der Waals surface area contributed by atoms with Gasteiger partial charge in [0.05, 0.1) is 23.6 Å². The number of carbonyl (C=O) groups is 2. The molecular weight excluding hydrogens is 580 g/mol. The summed E-state index contributed by atoms with van der Waals surface area (Å²) in [5.74, 6) is -1.75. The van der Waals surface area contributed by atoms with E-state index in [9.17, 15) is 32.3 Å². The number of amides is 2. The van der Waals surface area contributed by atoms with Crippen LogP contribution in [0.15, 0.2) is 89.3 Å². The van der Waals surface area contributed by atoms with Crippen LogP contribution in [0.1, 0.15) is 32.3 Å². The number of benzene rings is 3. The largest absolute Gasteiger partial charge is 0.437 e. The molecule has 12 heteroatoms. The van der Waals surface area contributed by atoms with Crippen LogP contribution < -0.4 is 16.0 Å². The third kappa shape index (κ3) is 6.55. The van der Waals surface area contributed by atoms with Crippen LogP contribution in [-0.2, 0) is 0 Å². The average molecular weight is 607 g/mol. The lowest BCUT2D eigenvalue weighted by Crippen LogP contribution is -2.30. The van der Waals surface area contributed by atoms with E-state index in [-0.39, 0.29) is 46.0 Å². The van der Waals surface area contributed by atoms with Gasteiger partial charge in [0.25, 0.3) is 11.8 Å². The molecule has 8 nitrogen and oxygen atoms in total. The molecule has 2 aromatic heterocycles. The number of halogens is 4. The number of hydrogen-bond acceptors (Lipinski definition) is 6. The molecule has 5 aromatic rings. The number of nitrogens with one attached hydrogen (secondary N) is 3. The van der Waals surface area contributed by atoms with E-state index in [1.807, 2.05) is 0 Å². The van der Waals surface area contributed by atoms with E-state index >= 15 is 0 Å². The minimum Gasteiger partial charge on any atom is -0.437 e. The number of furan rings is 1. The van der Waals surface area contributed by atoms with Crippen LogP contribution in [0.4, 0.5) is 23.4 Å². The Morgan fingerprint density at radius 1 is 0.932 bits per heavy atom. The zero-order valence-electron chi connectivity index (χ0n) is 23.2. The molecule has 3 aromatic carbocycles. The van der Waals surface area contributed by atoms with Crippen LogP contribution in [0, 0.1) is 5.82 Å². The molecule has 2 amide bonds. The number of hydrogen-bond donors (Lipinski definition) is 4. The highest BCUT2D eigenvalue weighted by Gasteiger charge is 2.29. The average Bonchev–Trinajstić information content (AvgIpc) is 3.40. The molecule has 0 bridgehead atoms. The number of aliphatic hydroxyl groups excluding tert-OH is 1. The number of fused-ring (bicyclic) bond motifs is 1. The molecule has 0 aliphatic rings. The second kappa shape index (κ2) is 12.6. The third-order valence-corrected chi connectivity index (χ3v) is 6.83. The first-order chi connectivity index (χ1) is 21.1. The molecule has 44 heavy (non-hydrogen) atoms. The predicted molar refractivity (Wildman–Crippen MR) is 157 cm³/mol. The second-order valence-electron chi connectivity index (χ2n) is 9.80. The van der Waals surface area contributed by atoms with Gasteiger partial charge in [-0.15, -0.1) is 0 Å². The van der Waals surface area contributed by atoms with Crippen molar-refractivity contribution in [3.8, 4) is 22.5 Å². The van der Waals surface area contributed by atoms with Crippen LogP contribution in [-0.4, -0.2) is 48.3 Å². The molecular formula is C32H26F4N4O4. The highest BCUT2D eigenvalue weighted by molar-refractivity contribution is 6.11. The molecule has 2 heterocycles. The highest BCUT2D eigenvalue weighted by atomic mass is 19.4. The van der Waals surface area contributed by atoms with E-state index in [0.717, 1.165) is 0 Å². The zero-order valence-corrected chi connectivity index (χ0v) is 23.2. The first kappa shape index (κ1) is 30.2. The molecule has 0 aliphatic heterocycles. The highest BCUT2D eigenvalue weighted by Crippen LogP contribution is 2.38. The quantitative estimate of drug-likeness (QED) is 0.151. The van der Waals surface area contributed by atoms with Crippen molar-refractivity contribution < 1.29 is 36.7 Å². The molecule has 0 fully saturated rings. The van der Waals surface area contributed by atoms with Gasteiger partial charge in [-0.25, -0.2) is 4.39 Å². The Kier molecular flexibility index (Phi) is 8.63. The fraction of sp³-hybridized carbons (Fsp3) is 0.156. The molecule has 0 unspecified atom stereocenters. The third-order valence-electron chi connectivity index (χ3n) is 6.83. The minimum atomic E-state index is -4.58. The lowest BCUT2D eigenvalue weighted by Gasteiger charge is -2.17. The summed E-state index contributed by atoms with van der Waals surface area (Å²) in [4.78, 5) is 30.5. The van der Waals surface area contributed by atoms with Crippen molar-refractivity contribution in [3.05, 3.63) is 107 Å². The first-order valence-corrected chi connectivity index (χ1v) is 13.4. The summed E-state index contributed by atoms with van der Waals surface area (Å²) in [6.07, 6.45) is -4.58. The summed E-state index contributed by atoms with van der Waals surface area (Å²) in [6, 6.07) is 20.9. The molecule has 0 saturated heterocycles. The van der Waals surface area contributed by atoms with E-state index in [1.54, 1.807) is 42.5 Å². The summed E-state index contributed by atoms with van der Waals surface area (Å²) in [5.41, 5.74) is 1.62. The number of aliphatic hydroxyl groups is 1. The van der Waals surface area contributed by atoms with Gasteiger partial charge < -0.3 is 25.5 Å². The fourth-order valence-electron chi connectivity index (χ4n) is 4.71. The Bertz CT molecular complexity index is 1810. The smallest absolute Gasteiger partial charge is 0.405 e. The van der Waals surface area contributed by atoms with Crippen molar-refractivity contribution in [1.82, 2.24) is 15.6 Å². The molecule has 0 radical (unpaired) electrons. The Morgan fingerprint density at radius 3 is 2.32 bits per heavy atom. The summed E-state index contributed by atoms with van der Waals surface area (Å²) < 4.78 is 59.3. The van der Waals surface area contributed by atoms with E-state index in [0.29, 0.717) is 16.7 Å². The maximum atomic E-state index is 13.6. The first-order valence-electron chi connectivity index (χ1n) is 13.4. The summed E-state index contributed by atoms with van der Waals surface area (Å²) in [6.45, 7) is -1.78. The van der Waals surface area contributed by atoms with Gasteiger partial charge in [0, 0.05) is 23.7 Å². The number of carbonyl (C=O) groups excluding carboxylic acids is 2. The fourth-order valence-corrected chi connectivity index (χ4v) is 4.71. The maximum absolute atomic E-state index is 13.6. The molecule has 0 aliphatic carbocycles. The number of pyridine rings is 1. The maximum Gasteiger partial charge on any atom is 0.405 e. The van der Waals surface area contributed by atoms with Crippen LogP contribution >= 0.6 is 0 Å². The van der Waals surface area contributed by atoms with Crippen LogP contribution in [0.3, 0.4) is 0 Å². The molecule has 5 rings (SSSR count). The van der Waals surface area contributed by atoms with Gasteiger partial charge in [-0.2, -0.15) is 18.2 Å². The van der Waals surface area contributed by atoms with Gasteiger partial charge in [-0.1, -0.05) is 42.5 Å². The number of anilines is 1.